The van der Waals surface area contributed by atoms with Crippen LogP contribution in [0.2, 0.25) is 0 Å². The van der Waals surface area contributed by atoms with Crippen LogP contribution in [0.3, 0.4) is 0 Å². The summed E-state index contributed by atoms with van der Waals surface area (Å²) in [5.41, 5.74) is 0. The summed E-state index contributed by atoms with van der Waals surface area (Å²) in [6, 6.07) is -0.634. The van der Waals surface area contributed by atoms with Crippen molar-refractivity contribution < 1.29 is 24.5 Å². The Bertz CT molecular complexity index is 977. The number of carbonyl (C=O) groups excluding carboxylic acids is 2. The summed E-state index contributed by atoms with van der Waals surface area (Å²) in [6.07, 6.45) is 60.0. The molecule has 0 saturated heterocycles. The standard InChI is InChI=1S/C54H101NO5/c1-3-5-7-9-11-13-15-23-27-30-34-38-42-46-52(57)51(50-56)55-53(58)47-43-39-35-31-28-24-21-19-17-16-18-20-22-25-29-33-37-41-45-49-60-54(59)48-44-40-36-32-26-14-12-10-8-6-4-2/h10,12,16-17,42,46,51-52,56-57H,3-9,11,13-15,18-41,43-45,47-50H2,1-2H3,(H,55,58)/b12-10-,17-16-,46-42+. The first-order valence-electron chi connectivity index (χ1n) is 26.3. The topological polar surface area (TPSA) is 95.9 Å². The van der Waals surface area contributed by atoms with E-state index in [2.05, 4.69) is 43.5 Å². The third-order valence-electron chi connectivity index (χ3n) is 11.9. The summed E-state index contributed by atoms with van der Waals surface area (Å²) in [5, 5.41) is 23.0. The average Bonchev–Trinajstić information content (AvgIpc) is 3.25. The first-order valence-corrected chi connectivity index (χ1v) is 26.3. The smallest absolute Gasteiger partial charge is 0.305 e. The van der Waals surface area contributed by atoms with Gasteiger partial charge in [0.25, 0.3) is 0 Å². The number of nitrogens with one attached hydrogen (secondary N) is 1. The van der Waals surface area contributed by atoms with Crippen molar-refractivity contribution in [3.8, 4) is 0 Å². The van der Waals surface area contributed by atoms with E-state index in [9.17, 15) is 19.8 Å². The lowest BCUT2D eigenvalue weighted by atomic mass is 10.0. The molecular weight excluding hydrogens is 743 g/mol. The Morgan fingerprint density at radius 2 is 0.800 bits per heavy atom. The minimum absolute atomic E-state index is 0.00862. The summed E-state index contributed by atoms with van der Waals surface area (Å²) >= 11 is 0. The molecule has 0 spiro atoms. The van der Waals surface area contributed by atoms with Crippen LogP contribution in [0, 0.1) is 0 Å². The molecule has 2 unspecified atom stereocenters. The second kappa shape index (κ2) is 49.7. The van der Waals surface area contributed by atoms with Gasteiger partial charge in [-0.3, -0.25) is 9.59 Å². The lowest BCUT2D eigenvalue weighted by Gasteiger charge is -2.20. The molecule has 0 bridgehead atoms. The molecule has 0 saturated carbocycles. The van der Waals surface area contributed by atoms with E-state index >= 15 is 0 Å². The van der Waals surface area contributed by atoms with Gasteiger partial charge in [0.05, 0.1) is 25.4 Å². The Morgan fingerprint density at radius 1 is 0.450 bits per heavy atom. The molecule has 0 aliphatic heterocycles. The number of rotatable bonds is 48. The van der Waals surface area contributed by atoms with Crippen LogP contribution in [-0.2, 0) is 14.3 Å². The monoisotopic (exact) mass is 844 g/mol. The predicted octanol–water partition coefficient (Wildman–Crippen LogP) is 15.7. The van der Waals surface area contributed by atoms with Crippen LogP contribution >= 0.6 is 0 Å². The van der Waals surface area contributed by atoms with Gasteiger partial charge in [0.1, 0.15) is 0 Å². The number of hydrogen-bond donors (Lipinski definition) is 3. The number of aliphatic hydroxyl groups is 2. The molecule has 0 heterocycles. The molecule has 0 radical (unpaired) electrons. The molecule has 0 aromatic heterocycles. The maximum atomic E-state index is 12.4. The van der Waals surface area contributed by atoms with Gasteiger partial charge in [-0.25, -0.2) is 0 Å². The Kier molecular flexibility index (Phi) is 48.1. The molecular formula is C54H101NO5. The van der Waals surface area contributed by atoms with Gasteiger partial charge in [-0.2, -0.15) is 0 Å². The molecule has 60 heavy (non-hydrogen) atoms. The highest BCUT2D eigenvalue weighted by molar-refractivity contribution is 5.76. The third-order valence-corrected chi connectivity index (χ3v) is 11.9. The van der Waals surface area contributed by atoms with Crippen LogP contribution in [0.25, 0.3) is 0 Å². The van der Waals surface area contributed by atoms with Crippen LogP contribution in [0.5, 0.6) is 0 Å². The normalized spacial score (nSPS) is 12.9. The summed E-state index contributed by atoms with van der Waals surface area (Å²) in [5.74, 6) is -0.0874. The number of ether oxygens (including phenoxy) is 1. The number of hydrogen-bond acceptors (Lipinski definition) is 5. The van der Waals surface area contributed by atoms with Gasteiger partial charge in [0, 0.05) is 12.8 Å². The molecule has 3 N–H and O–H groups in total. The summed E-state index contributed by atoms with van der Waals surface area (Å²) in [4.78, 5) is 24.4. The van der Waals surface area contributed by atoms with E-state index in [0.29, 0.717) is 19.4 Å². The van der Waals surface area contributed by atoms with Gasteiger partial charge in [0.15, 0.2) is 0 Å². The summed E-state index contributed by atoms with van der Waals surface area (Å²) < 4.78 is 5.44. The lowest BCUT2D eigenvalue weighted by Crippen LogP contribution is -2.45. The third kappa shape index (κ3) is 45.6. The van der Waals surface area contributed by atoms with Gasteiger partial charge in [-0.15, -0.1) is 0 Å². The number of aliphatic hydroxyl groups excluding tert-OH is 2. The van der Waals surface area contributed by atoms with Crippen molar-refractivity contribution in [2.24, 2.45) is 0 Å². The maximum absolute atomic E-state index is 12.4. The highest BCUT2D eigenvalue weighted by atomic mass is 16.5. The first-order chi connectivity index (χ1) is 29.5. The molecule has 1 amide bonds. The fourth-order valence-corrected chi connectivity index (χ4v) is 7.78. The van der Waals surface area contributed by atoms with Crippen molar-refractivity contribution in [2.45, 2.75) is 283 Å². The lowest BCUT2D eigenvalue weighted by molar-refractivity contribution is -0.143. The van der Waals surface area contributed by atoms with Crippen molar-refractivity contribution in [2.75, 3.05) is 13.2 Å². The zero-order valence-electron chi connectivity index (χ0n) is 39.9. The van der Waals surface area contributed by atoms with E-state index < -0.39 is 12.1 Å². The molecule has 352 valence electrons. The van der Waals surface area contributed by atoms with Gasteiger partial charge >= 0.3 is 5.97 Å². The molecule has 0 aromatic rings. The number of allylic oxidation sites excluding steroid dienone is 5. The van der Waals surface area contributed by atoms with E-state index in [1.165, 1.54) is 193 Å². The number of amides is 1. The van der Waals surface area contributed by atoms with E-state index in [1.807, 2.05) is 6.08 Å². The van der Waals surface area contributed by atoms with Crippen LogP contribution in [-0.4, -0.2) is 47.4 Å². The number of carbonyl (C=O) groups is 2. The first kappa shape index (κ1) is 58.1. The largest absolute Gasteiger partial charge is 0.466 e. The van der Waals surface area contributed by atoms with E-state index in [4.69, 9.17) is 4.74 Å². The number of esters is 1. The van der Waals surface area contributed by atoms with Crippen molar-refractivity contribution in [3.05, 3.63) is 36.5 Å². The number of unbranched alkanes of at least 4 members (excludes halogenated alkanes) is 33. The zero-order chi connectivity index (χ0) is 43.7. The second-order valence-corrected chi connectivity index (χ2v) is 17.8. The van der Waals surface area contributed by atoms with Crippen molar-refractivity contribution in [1.82, 2.24) is 5.32 Å². The quantitative estimate of drug-likeness (QED) is 0.0322. The molecule has 6 nitrogen and oxygen atoms in total. The predicted molar refractivity (Wildman–Crippen MR) is 259 cm³/mol. The van der Waals surface area contributed by atoms with Crippen molar-refractivity contribution in [1.29, 1.82) is 0 Å². The second-order valence-electron chi connectivity index (χ2n) is 17.8. The Balaban J connectivity index is 3.48. The molecule has 0 aliphatic carbocycles. The van der Waals surface area contributed by atoms with E-state index in [1.54, 1.807) is 6.08 Å². The van der Waals surface area contributed by atoms with E-state index in [-0.39, 0.29) is 18.5 Å². The zero-order valence-corrected chi connectivity index (χ0v) is 39.9. The minimum Gasteiger partial charge on any atom is -0.466 e. The fourth-order valence-electron chi connectivity index (χ4n) is 7.78. The van der Waals surface area contributed by atoms with Crippen LogP contribution in [0.15, 0.2) is 36.5 Å². The Morgan fingerprint density at radius 3 is 1.23 bits per heavy atom. The molecule has 0 aliphatic rings. The molecule has 0 rings (SSSR count). The summed E-state index contributed by atoms with van der Waals surface area (Å²) in [7, 11) is 0. The minimum atomic E-state index is -0.850. The van der Waals surface area contributed by atoms with Crippen LogP contribution in [0.1, 0.15) is 271 Å². The highest BCUT2D eigenvalue weighted by Crippen LogP contribution is 2.15. The molecule has 2 atom stereocenters. The molecule has 0 fully saturated rings. The highest BCUT2D eigenvalue weighted by Gasteiger charge is 2.18. The van der Waals surface area contributed by atoms with Gasteiger partial charge in [-0.05, 0) is 77.0 Å². The van der Waals surface area contributed by atoms with Gasteiger partial charge in [0.2, 0.25) is 5.91 Å². The van der Waals surface area contributed by atoms with Crippen molar-refractivity contribution >= 4 is 11.9 Å². The van der Waals surface area contributed by atoms with Crippen LogP contribution < -0.4 is 5.32 Å². The van der Waals surface area contributed by atoms with E-state index in [0.717, 1.165) is 51.4 Å². The fraction of sp³-hybridized carbons (Fsp3) is 0.852. The summed E-state index contributed by atoms with van der Waals surface area (Å²) in [6.45, 7) is 4.84. The van der Waals surface area contributed by atoms with Crippen LogP contribution in [0.4, 0.5) is 0 Å². The SMILES string of the molecule is CCCC/C=C\CCCCCCCC(=O)OCCCCCCCCCC/C=C\CCCCCCCCCC(=O)NC(CO)C(O)/C=C/CCCCCCCCCCCCC. The Hall–Kier alpha value is -1.92. The molecule has 6 heteroatoms. The Labute approximate surface area is 373 Å². The molecule has 0 aromatic carbocycles. The average molecular weight is 844 g/mol. The maximum Gasteiger partial charge on any atom is 0.305 e. The van der Waals surface area contributed by atoms with Gasteiger partial charge in [-0.1, -0.05) is 217 Å². The van der Waals surface area contributed by atoms with Gasteiger partial charge < -0.3 is 20.3 Å². The van der Waals surface area contributed by atoms with Crippen molar-refractivity contribution in [3.63, 3.8) is 0 Å².